The number of para-hydroxylation sites is 2. The monoisotopic (exact) mass is 288 g/mol. The number of benzene rings is 1. The van der Waals surface area contributed by atoms with Gasteiger partial charge >= 0.3 is 6.03 Å². The maximum Gasteiger partial charge on any atom is 0.329 e. The summed E-state index contributed by atoms with van der Waals surface area (Å²) in [5, 5.41) is 2.92. The molecule has 2 fully saturated rings. The first kappa shape index (κ1) is 13.9. The first-order chi connectivity index (χ1) is 10.1. The number of carbonyl (C=O) groups excluding carboxylic acids is 2. The highest BCUT2D eigenvalue weighted by atomic mass is 16.5. The maximum absolute atomic E-state index is 12.9. The zero-order valence-electron chi connectivity index (χ0n) is 12.4. The van der Waals surface area contributed by atoms with Crippen LogP contribution in [0.3, 0.4) is 0 Å². The van der Waals surface area contributed by atoms with Gasteiger partial charge in [-0.15, -0.1) is 0 Å². The topological polar surface area (TPSA) is 58.6 Å². The van der Waals surface area contributed by atoms with Crippen LogP contribution in [0.5, 0.6) is 5.75 Å². The van der Waals surface area contributed by atoms with E-state index in [1.165, 1.54) is 12.0 Å². The molecule has 1 spiro atoms. The molecule has 5 nitrogen and oxygen atoms in total. The van der Waals surface area contributed by atoms with E-state index in [0.717, 1.165) is 12.8 Å². The fraction of sp³-hybridized carbons (Fsp3) is 0.500. The van der Waals surface area contributed by atoms with E-state index in [0.29, 0.717) is 30.2 Å². The van der Waals surface area contributed by atoms with Crippen LogP contribution in [-0.4, -0.2) is 24.6 Å². The summed E-state index contributed by atoms with van der Waals surface area (Å²) in [7, 11) is 1.54. The van der Waals surface area contributed by atoms with Crippen LogP contribution in [0.2, 0.25) is 0 Å². The maximum atomic E-state index is 12.9. The number of methoxy groups -OCH3 is 1. The number of urea groups is 1. The molecule has 3 amide bonds. The summed E-state index contributed by atoms with van der Waals surface area (Å²) in [5.74, 6) is 0.992. The summed E-state index contributed by atoms with van der Waals surface area (Å²) in [5.41, 5.74) is -0.206. The van der Waals surface area contributed by atoms with Crippen molar-refractivity contribution in [2.75, 3.05) is 12.0 Å². The second-order valence-corrected chi connectivity index (χ2v) is 6.01. The fourth-order valence-corrected chi connectivity index (χ4v) is 3.25. The summed E-state index contributed by atoms with van der Waals surface area (Å²) in [6.45, 7) is 2.19. The van der Waals surface area contributed by atoms with E-state index in [9.17, 15) is 9.59 Å². The lowest BCUT2D eigenvalue weighted by atomic mass is 9.77. The van der Waals surface area contributed by atoms with Gasteiger partial charge in [-0.05, 0) is 43.7 Å². The summed E-state index contributed by atoms with van der Waals surface area (Å²) < 4.78 is 5.27. The number of rotatable bonds is 2. The number of imide groups is 1. The van der Waals surface area contributed by atoms with E-state index in [1.807, 2.05) is 6.07 Å². The molecular formula is C16H20N2O3. The van der Waals surface area contributed by atoms with Gasteiger partial charge < -0.3 is 10.1 Å². The Labute approximate surface area is 124 Å². The Balaban J connectivity index is 1.94. The van der Waals surface area contributed by atoms with Crippen molar-refractivity contribution in [3.8, 4) is 5.75 Å². The Morgan fingerprint density at radius 1 is 1.24 bits per heavy atom. The Morgan fingerprint density at radius 2 is 1.90 bits per heavy atom. The third-order valence-electron chi connectivity index (χ3n) is 4.62. The van der Waals surface area contributed by atoms with Gasteiger partial charge in [-0.1, -0.05) is 19.1 Å². The largest absolute Gasteiger partial charge is 0.495 e. The lowest BCUT2D eigenvalue weighted by molar-refractivity contribution is -0.123. The highest BCUT2D eigenvalue weighted by Crippen LogP contribution is 2.39. The molecule has 1 N–H and O–H groups in total. The van der Waals surface area contributed by atoms with Crippen molar-refractivity contribution in [1.29, 1.82) is 0 Å². The van der Waals surface area contributed by atoms with Gasteiger partial charge in [0.15, 0.2) is 0 Å². The summed E-state index contributed by atoms with van der Waals surface area (Å²) in [4.78, 5) is 26.4. The van der Waals surface area contributed by atoms with Gasteiger partial charge in [0, 0.05) is 0 Å². The summed E-state index contributed by atoms with van der Waals surface area (Å²) >= 11 is 0. The van der Waals surface area contributed by atoms with Gasteiger partial charge in [0.1, 0.15) is 11.3 Å². The van der Waals surface area contributed by atoms with Crippen LogP contribution in [-0.2, 0) is 4.79 Å². The molecule has 1 aliphatic heterocycles. The molecule has 5 heteroatoms. The standard InChI is InChI=1S/C16H20N2O3/c1-11-7-9-16(10-8-11)14(19)18(15(20)17-16)12-5-3-4-6-13(12)21-2/h3-6,11H,7-10H2,1-2H3,(H,17,20). The molecule has 0 unspecified atom stereocenters. The molecule has 2 aliphatic rings. The molecule has 0 bridgehead atoms. The summed E-state index contributed by atoms with van der Waals surface area (Å²) in [6, 6.07) is 6.76. The highest BCUT2D eigenvalue weighted by molar-refractivity contribution is 6.24. The number of ether oxygens (including phenoxy) is 1. The number of hydrogen-bond donors (Lipinski definition) is 1. The van der Waals surface area contributed by atoms with Crippen LogP contribution >= 0.6 is 0 Å². The molecular weight excluding hydrogens is 268 g/mol. The van der Waals surface area contributed by atoms with Gasteiger partial charge in [0.25, 0.3) is 5.91 Å². The minimum Gasteiger partial charge on any atom is -0.495 e. The number of nitrogens with zero attached hydrogens (tertiary/aromatic N) is 1. The lowest BCUT2D eigenvalue weighted by Crippen LogP contribution is -2.49. The van der Waals surface area contributed by atoms with E-state index in [-0.39, 0.29) is 11.9 Å². The van der Waals surface area contributed by atoms with Gasteiger partial charge in [0.05, 0.1) is 12.8 Å². The van der Waals surface area contributed by atoms with Crippen molar-refractivity contribution >= 4 is 17.6 Å². The molecule has 1 heterocycles. The molecule has 0 atom stereocenters. The van der Waals surface area contributed by atoms with Crippen LogP contribution in [0.4, 0.5) is 10.5 Å². The van der Waals surface area contributed by atoms with E-state index >= 15 is 0 Å². The van der Waals surface area contributed by atoms with E-state index < -0.39 is 5.54 Å². The van der Waals surface area contributed by atoms with Crippen molar-refractivity contribution in [3.63, 3.8) is 0 Å². The third kappa shape index (κ3) is 2.17. The van der Waals surface area contributed by atoms with Gasteiger partial charge in [-0.2, -0.15) is 0 Å². The predicted octanol–water partition coefficient (Wildman–Crippen LogP) is 2.70. The van der Waals surface area contributed by atoms with Crippen LogP contribution < -0.4 is 15.0 Å². The van der Waals surface area contributed by atoms with Crippen LogP contribution in [0, 0.1) is 5.92 Å². The number of amides is 3. The number of anilines is 1. The molecule has 112 valence electrons. The van der Waals surface area contributed by atoms with E-state index in [4.69, 9.17) is 4.74 Å². The Hall–Kier alpha value is -2.04. The summed E-state index contributed by atoms with van der Waals surface area (Å²) in [6.07, 6.45) is 3.35. The molecule has 1 aromatic carbocycles. The lowest BCUT2D eigenvalue weighted by Gasteiger charge is -2.33. The van der Waals surface area contributed by atoms with E-state index in [2.05, 4.69) is 12.2 Å². The average Bonchev–Trinajstić information content (AvgIpc) is 2.73. The first-order valence-corrected chi connectivity index (χ1v) is 7.37. The van der Waals surface area contributed by atoms with Gasteiger partial charge in [-0.3, -0.25) is 4.79 Å². The molecule has 0 aromatic heterocycles. The molecule has 1 saturated carbocycles. The fourth-order valence-electron chi connectivity index (χ4n) is 3.25. The minimum atomic E-state index is -0.718. The van der Waals surface area contributed by atoms with Gasteiger partial charge in [0.2, 0.25) is 0 Å². The first-order valence-electron chi connectivity index (χ1n) is 7.37. The molecule has 21 heavy (non-hydrogen) atoms. The zero-order chi connectivity index (χ0) is 15.0. The van der Waals surface area contributed by atoms with Crippen LogP contribution in [0.15, 0.2) is 24.3 Å². The second kappa shape index (κ2) is 5.06. The highest BCUT2D eigenvalue weighted by Gasteiger charge is 2.53. The van der Waals surface area contributed by atoms with Crippen molar-refractivity contribution in [1.82, 2.24) is 5.32 Å². The minimum absolute atomic E-state index is 0.149. The van der Waals surface area contributed by atoms with E-state index in [1.54, 1.807) is 18.2 Å². The Bertz CT molecular complexity index is 577. The molecule has 1 aliphatic carbocycles. The predicted molar refractivity (Wildman–Crippen MR) is 79.4 cm³/mol. The number of carbonyl (C=O) groups is 2. The van der Waals surface area contributed by atoms with Crippen molar-refractivity contribution in [2.24, 2.45) is 5.92 Å². The SMILES string of the molecule is COc1ccccc1N1C(=O)NC2(CCC(C)CC2)C1=O. The molecule has 0 radical (unpaired) electrons. The third-order valence-corrected chi connectivity index (χ3v) is 4.62. The van der Waals surface area contributed by atoms with Crippen molar-refractivity contribution in [2.45, 2.75) is 38.1 Å². The second-order valence-electron chi connectivity index (χ2n) is 6.01. The molecule has 1 aromatic rings. The zero-order valence-corrected chi connectivity index (χ0v) is 12.4. The van der Waals surface area contributed by atoms with Crippen LogP contribution in [0.25, 0.3) is 0 Å². The quantitative estimate of drug-likeness (QED) is 0.851. The average molecular weight is 288 g/mol. The number of hydrogen-bond acceptors (Lipinski definition) is 3. The van der Waals surface area contributed by atoms with Crippen LogP contribution in [0.1, 0.15) is 32.6 Å². The van der Waals surface area contributed by atoms with Crippen molar-refractivity contribution in [3.05, 3.63) is 24.3 Å². The normalized spacial score (nSPS) is 28.9. The Morgan fingerprint density at radius 3 is 2.57 bits per heavy atom. The van der Waals surface area contributed by atoms with Gasteiger partial charge in [-0.25, -0.2) is 9.69 Å². The van der Waals surface area contributed by atoms with Crippen molar-refractivity contribution < 1.29 is 14.3 Å². The molecule has 1 saturated heterocycles. The number of nitrogens with one attached hydrogen (secondary N) is 1. The smallest absolute Gasteiger partial charge is 0.329 e. The molecule has 3 rings (SSSR count). The Kier molecular flexibility index (Phi) is 3.35.